The first-order valence-electron chi connectivity index (χ1n) is 7.61. The molecule has 11 nitrogen and oxygen atoms in total. The zero-order valence-corrected chi connectivity index (χ0v) is 15.1. The van der Waals surface area contributed by atoms with Gasteiger partial charge in [0.15, 0.2) is 16.3 Å². The zero-order valence-electron chi connectivity index (χ0n) is 14.3. The lowest BCUT2D eigenvalue weighted by Crippen LogP contribution is -2.36. The van der Waals surface area contributed by atoms with E-state index in [-0.39, 0.29) is 33.4 Å². The molecule has 140 valence electrons. The summed E-state index contributed by atoms with van der Waals surface area (Å²) in [6, 6.07) is 5.80. The Morgan fingerprint density at radius 3 is 2.70 bits per heavy atom. The number of rotatable bonds is 5. The topological polar surface area (TPSA) is 145 Å². The van der Waals surface area contributed by atoms with Gasteiger partial charge in [0.1, 0.15) is 5.69 Å². The molecule has 0 aliphatic rings. The Labute approximate surface area is 155 Å². The van der Waals surface area contributed by atoms with Crippen LogP contribution in [0.5, 0.6) is 0 Å². The number of fused-ring (bicyclic) bond motifs is 1. The van der Waals surface area contributed by atoms with Crippen LogP contribution in [0, 0.1) is 10.1 Å². The van der Waals surface area contributed by atoms with Gasteiger partial charge in [0.25, 0.3) is 11.2 Å². The fraction of sp³-hybridized carbons (Fsp3) is 0.200. The highest BCUT2D eigenvalue weighted by molar-refractivity contribution is 7.99. The van der Waals surface area contributed by atoms with E-state index in [0.29, 0.717) is 0 Å². The predicted molar refractivity (Wildman–Crippen MR) is 99.0 cm³/mol. The van der Waals surface area contributed by atoms with E-state index in [1.807, 2.05) is 0 Å². The van der Waals surface area contributed by atoms with Crippen LogP contribution in [0.4, 0.5) is 11.4 Å². The Hall–Kier alpha value is -3.41. The molecule has 0 aliphatic heterocycles. The molecule has 2 aromatic heterocycles. The number of imidazole rings is 1. The lowest BCUT2D eigenvalue weighted by atomic mass is 10.2. The van der Waals surface area contributed by atoms with E-state index in [1.165, 1.54) is 36.9 Å². The number of nitrogens with one attached hydrogen (secondary N) is 2. The van der Waals surface area contributed by atoms with E-state index in [1.54, 1.807) is 6.07 Å². The fourth-order valence-corrected chi connectivity index (χ4v) is 3.10. The van der Waals surface area contributed by atoms with Crippen LogP contribution in [0.25, 0.3) is 11.2 Å². The van der Waals surface area contributed by atoms with Gasteiger partial charge in [-0.15, -0.1) is 0 Å². The second-order valence-corrected chi connectivity index (χ2v) is 6.52. The number of aromatic amines is 1. The van der Waals surface area contributed by atoms with Crippen molar-refractivity contribution in [1.82, 2.24) is 19.1 Å². The number of nitro benzene ring substituents is 1. The maximum atomic E-state index is 12.1. The van der Waals surface area contributed by atoms with Crippen molar-refractivity contribution in [2.24, 2.45) is 14.1 Å². The summed E-state index contributed by atoms with van der Waals surface area (Å²) in [5, 5.41) is 13.7. The van der Waals surface area contributed by atoms with Gasteiger partial charge in [0, 0.05) is 20.2 Å². The van der Waals surface area contributed by atoms with E-state index >= 15 is 0 Å². The number of para-hydroxylation sites is 2. The standard InChI is InChI=1S/C15H14N6O5S/c1-19-12-11(13(23)20(2)15(19)24)17-14(18-12)27-7-10(22)16-8-5-3-4-6-9(8)21(25)26/h3-6H,7H2,1-2H3,(H,16,22)(H,17,18). The largest absolute Gasteiger partial charge is 0.332 e. The van der Waals surface area contributed by atoms with Crippen LogP contribution < -0.4 is 16.6 Å². The minimum absolute atomic E-state index is 0.0916. The molecule has 0 atom stereocenters. The molecule has 27 heavy (non-hydrogen) atoms. The quantitative estimate of drug-likeness (QED) is 0.368. The molecule has 3 aromatic rings. The molecular weight excluding hydrogens is 376 g/mol. The first kappa shape index (κ1) is 18.4. The average molecular weight is 390 g/mol. The third-order valence-corrected chi connectivity index (χ3v) is 4.66. The highest BCUT2D eigenvalue weighted by atomic mass is 32.2. The first-order chi connectivity index (χ1) is 12.8. The normalized spacial score (nSPS) is 10.9. The van der Waals surface area contributed by atoms with Crippen LogP contribution >= 0.6 is 11.8 Å². The Balaban J connectivity index is 1.78. The zero-order chi connectivity index (χ0) is 19.7. The van der Waals surface area contributed by atoms with E-state index in [9.17, 15) is 24.5 Å². The third kappa shape index (κ3) is 3.46. The molecule has 2 heterocycles. The second kappa shape index (κ2) is 7.07. The lowest BCUT2D eigenvalue weighted by Gasteiger charge is -2.04. The van der Waals surface area contributed by atoms with Crippen LogP contribution in [0.3, 0.4) is 0 Å². The predicted octanol–water partition coefficient (Wildman–Crippen LogP) is 0.599. The maximum absolute atomic E-state index is 12.1. The minimum atomic E-state index is -0.585. The number of anilines is 1. The summed E-state index contributed by atoms with van der Waals surface area (Å²) < 4.78 is 2.18. The van der Waals surface area contributed by atoms with Gasteiger partial charge in [0.05, 0.1) is 10.7 Å². The van der Waals surface area contributed by atoms with Crippen molar-refractivity contribution < 1.29 is 9.72 Å². The van der Waals surface area contributed by atoms with Crippen LogP contribution in [-0.2, 0) is 18.9 Å². The molecule has 0 saturated heterocycles. The average Bonchev–Trinajstić information content (AvgIpc) is 3.08. The van der Waals surface area contributed by atoms with Crippen molar-refractivity contribution in [2.45, 2.75) is 5.16 Å². The fourth-order valence-electron chi connectivity index (χ4n) is 2.43. The SMILES string of the molecule is Cn1c(=O)c2[nH]c(SCC(=O)Nc3ccccc3[N+](=O)[O-])nc2n(C)c1=O. The molecule has 0 spiro atoms. The van der Waals surface area contributed by atoms with Crippen molar-refractivity contribution in [3.8, 4) is 0 Å². The summed E-state index contributed by atoms with van der Waals surface area (Å²) in [5.74, 6) is -0.573. The molecule has 0 unspecified atom stereocenters. The number of nitro groups is 1. The van der Waals surface area contributed by atoms with Crippen LogP contribution in [0.15, 0.2) is 39.0 Å². The van der Waals surface area contributed by atoms with Crippen molar-refractivity contribution in [1.29, 1.82) is 0 Å². The van der Waals surface area contributed by atoms with Gasteiger partial charge in [-0.3, -0.25) is 28.8 Å². The van der Waals surface area contributed by atoms with Gasteiger partial charge >= 0.3 is 5.69 Å². The number of hydrogen-bond acceptors (Lipinski definition) is 7. The Morgan fingerprint density at radius 1 is 1.30 bits per heavy atom. The summed E-state index contributed by atoms with van der Waals surface area (Å²) >= 11 is 1.00. The number of thioether (sulfide) groups is 1. The number of aromatic nitrogens is 4. The van der Waals surface area contributed by atoms with Gasteiger partial charge in [-0.05, 0) is 6.07 Å². The third-order valence-electron chi connectivity index (χ3n) is 3.79. The number of hydrogen-bond donors (Lipinski definition) is 2. The molecule has 0 saturated carbocycles. The molecule has 0 bridgehead atoms. The smallest absolute Gasteiger partial charge is 0.327 e. The molecule has 3 rings (SSSR count). The van der Waals surface area contributed by atoms with Crippen molar-refractivity contribution >= 4 is 40.2 Å². The molecule has 12 heteroatoms. The molecule has 0 fully saturated rings. The summed E-state index contributed by atoms with van der Waals surface area (Å²) in [4.78, 5) is 53.5. The molecule has 1 amide bonds. The summed E-state index contributed by atoms with van der Waals surface area (Å²) in [6.45, 7) is 0. The van der Waals surface area contributed by atoms with Crippen molar-refractivity contribution in [3.05, 3.63) is 55.2 Å². The Bertz CT molecular complexity index is 1180. The first-order valence-corrected chi connectivity index (χ1v) is 8.60. The number of carbonyl (C=O) groups excluding carboxylic acids is 1. The number of carbonyl (C=O) groups is 1. The van der Waals surface area contributed by atoms with Crippen LogP contribution in [-0.4, -0.2) is 35.7 Å². The Morgan fingerprint density at radius 2 is 2.00 bits per heavy atom. The Kier molecular flexibility index (Phi) is 4.81. The maximum Gasteiger partial charge on any atom is 0.332 e. The molecule has 0 radical (unpaired) electrons. The summed E-state index contributed by atoms with van der Waals surface area (Å²) in [7, 11) is 2.85. The number of H-pyrrole nitrogens is 1. The van der Waals surface area contributed by atoms with Gasteiger partial charge in [-0.1, -0.05) is 23.9 Å². The van der Waals surface area contributed by atoms with E-state index in [2.05, 4.69) is 15.3 Å². The minimum Gasteiger partial charge on any atom is -0.327 e. The highest BCUT2D eigenvalue weighted by Crippen LogP contribution is 2.24. The number of amides is 1. The van der Waals surface area contributed by atoms with E-state index < -0.39 is 22.1 Å². The van der Waals surface area contributed by atoms with Gasteiger partial charge in [0.2, 0.25) is 5.91 Å². The number of benzene rings is 1. The molecular formula is C15H14N6O5S. The van der Waals surface area contributed by atoms with Crippen molar-refractivity contribution in [2.75, 3.05) is 11.1 Å². The van der Waals surface area contributed by atoms with Gasteiger partial charge in [-0.2, -0.15) is 0 Å². The summed E-state index contributed by atoms with van der Waals surface area (Å²) in [5.41, 5.74) is -0.806. The molecule has 0 aliphatic carbocycles. The number of aryl methyl sites for hydroxylation is 1. The van der Waals surface area contributed by atoms with Gasteiger partial charge < -0.3 is 10.3 Å². The van der Waals surface area contributed by atoms with E-state index in [0.717, 1.165) is 16.3 Å². The van der Waals surface area contributed by atoms with Crippen LogP contribution in [0.2, 0.25) is 0 Å². The molecule has 1 aromatic carbocycles. The highest BCUT2D eigenvalue weighted by Gasteiger charge is 2.17. The van der Waals surface area contributed by atoms with Gasteiger partial charge in [-0.25, -0.2) is 9.78 Å². The monoisotopic (exact) mass is 390 g/mol. The van der Waals surface area contributed by atoms with E-state index in [4.69, 9.17) is 0 Å². The lowest BCUT2D eigenvalue weighted by molar-refractivity contribution is -0.383. The number of nitrogens with zero attached hydrogens (tertiary/aromatic N) is 4. The molecule has 2 N–H and O–H groups in total. The van der Waals surface area contributed by atoms with Crippen molar-refractivity contribution in [3.63, 3.8) is 0 Å². The second-order valence-electron chi connectivity index (χ2n) is 5.56. The summed E-state index contributed by atoms with van der Waals surface area (Å²) in [6.07, 6.45) is 0. The van der Waals surface area contributed by atoms with Crippen LogP contribution in [0.1, 0.15) is 0 Å².